The molecule has 0 aliphatic heterocycles. The van der Waals surface area contributed by atoms with E-state index in [1.807, 2.05) is 30.3 Å². The third kappa shape index (κ3) is 3.58. The lowest BCUT2D eigenvalue weighted by Gasteiger charge is -2.25. The minimum absolute atomic E-state index is 0.108. The number of aliphatic hydroxyl groups is 1. The summed E-state index contributed by atoms with van der Waals surface area (Å²) < 4.78 is 0. The van der Waals surface area contributed by atoms with Gasteiger partial charge in [-0.25, -0.2) is 0 Å². The van der Waals surface area contributed by atoms with E-state index in [-0.39, 0.29) is 11.0 Å². The van der Waals surface area contributed by atoms with Crippen molar-refractivity contribution < 1.29 is 9.90 Å². The summed E-state index contributed by atoms with van der Waals surface area (Å²) in [6.45, 7) is 0. The predicted molar refractivity (Wildman–Crippen MR) is 69.9 cm³/mol. The van der Waals surface area contributed by atoms with Gasteiger partial charge in [0.2, 0.25) is 5.12 Å². The smallest absolute Gasteiger partial charge is 0.222 e. The van der Waals surface area contributed by atoms with Crippen LogP contribution in [-0.2, 0) is 4.79 Å². The van der Waals surface area contributed by atoms with Crippen LogP contribution in [0.2, 0.25) is 0 Å². The zero-order valence-corrected chi connectivity index (χ0v) is 10.7. The van der Waals surface area contributed by atoms with Crippen LogP contribution in [0.4, 0.5) is 0 Å². The molecule has 3 heteroatoms. The van der Waals surface area contributed by atoms with Gasteiger partial charge in [-0.1, -0.05) is 37.5 Å². The SMILES string of the molecule is O=C(Sc1ccccc1)[C@@H](O)C1CCCCC1. The van der Waals surface area contributed by atoms with Crippen LogP contribution in [0.15, 0.2) is 35.2 Å². The van der Waals surface area contributed by atoms with Crippen molar-refractivity contribution in [1.29, 1.82) is 0 Å². The summed E-state index contributed by atoms with van der Waals surface area (Å²) in [6, 6.07) is 9.53. The van der Waals surface area contributed by atoms with Gasteiger partial charge in [0.05, 0.1) is 0 Å². The normalized spacial score (nSPS) is 18.9. The highest BCUT2D eigenvalue weighted by molar-refractivity contribution is 8.13. The molecule has 17 heavy (non-hydrogen) atoms. The molecule has 1 aromatic rings. The Labute approximate surface area is 106 Å². The number of benzene rings is 1. The fourth-order valence-electron chi connectivity index (χ4n) is 2.31. The third-order valence-electron chi connectivity index (χ3n) is 3.30. The first-order chi connectivity index (χ1) is 8.27. The van der Waals surface area contributed by atoms with E-state index in [9.17, 15) is 9.90 Å². The van der Waals surface area contributed by atoms with E-state index in [0.29, 0.717) is 0 Å². The van der Waals surface area contributed by atoms with E-state index in [2.05, 4.69) is 0 Å². The first-order valence-electron chi connectivity index (χ1n) is 6.22. The van der Waals surface area contributed by atoms with Gasteiger partial charge in [-0.2, -0.15) is 0 Å². The summed E-state index contributed by atoms with van der Waals surface area (Å²) >= 11 is 1.16. The van der Waals surface area contributed by atoms with Crippen molar-refractivity contribution in [2.24, 2.45) is 5.92 Å². The topological polar surface area (TPSA) is 37.3 Å². The Morgan fingerprint density at radius 2 is 1.82 bits per heavy atom. The molecule has 1 fully saturated rings. The molecule has 1 saturated carbocycles. The van der Waals surface area contributed by atoms with Crippen molar-refractivity contribution >= 4 is 16.9 Å². The first kappa shape index (κ1) is 12.7. The summed E-state index contributed by atoms with van der Waals surface area (Å²) in [6.07, 6.45) is 4.71. The molecule has 0 radical (unpaired) electrons. The molecule has 1 N–H and O–H groups in total. The maximum Gasteiger partial charge on any atom is 0.222 e. The highest BCUT2D eigenvalue weighted by Crippen LogP contribution is 2.30. The van der Waals surface area contributed by atoms with Crippen molar-refractivity contribution in [3.05, 3.63) is 30.3 Å². The Morgan fingerprint density at radius 3 is 2.47 bits per heavy atom. The Hall–Kier alpha value is -0.800. The van der Waals surface area contributed by atoms with Gasteiger partial charge in [0, 0.05) is 4.90 Å². The van der Waals surface area contributed by atoms with Gasteiger partial charge < -0.3 is 5.11 Å². The lowest BCUT2D eigenvalue weighted by Crippen LogP contribution is -2.29. The van der Waals surface area contributed by atoms with Crippen molar-refractivity contribution in [2.75, 3.05) is 0 Å². The van der Waals surface area contributed by atoms with Crippen LogP contribution in [0.1, 0.15) is 32.1 Å². The maximum absolute atomic E-state index is 11.9. The number of carbonyl (C=O) groups excluding carboxylic acids is 1. The number of aliphatic hydroxyl groups excluding tert-OH is 1. The van der Waals surface area contributed by atoms with E-state index in [4.69, 9.17) is 0 Å². The number of thioether (sulfide) groups is 1. The minimum atomic E-state index is -0.791. The Balaban J connectivity index is 1.90. The summed E-state index contributed by atoms with van der Waals surface area (Å²) in [7, 11) is 0. The second-order valence-electron chi connectivity index (χ2n) is 4.58. The molecule has 1 aromatic carbocycles. The van der Waals surface area contributed by atoms with Crippen LogP contribution >= 0.6 is 11.8 Å². The number of hydrogen-bond acceptors (Lipinski definition) is 3. The first-order valence-corrected chi connectivity index (χ1v) is 7.04. The fraction of sp³-hybridized carbons (Fsp3) is 0.500. The summed E-state index contributed by atoms with van der Waals surface area (Å²) in [4.78, 5) is 12.8. The number of carbonyl (C=O) groups is 1. The average molecular weight is 250 g/mol. The van der Waals surface area contributed by atoms with Crippen LogP contribution in [0.5, 0.6) is 0 Å². The molecular formula is C14H18O2S. The van der Waals surface area contributed by atoms with Gasteiger partial charge in [-0.3, -0.25) is 4.79 Å². The highest BCUT2D eigenvalue weighted by atomic mass is 32.2. The summed E-state index contributed by atoms with van der Waals surface area (Å²) in [5.74, 6) is 0.174. The molecule has 1 atom stereocenters. The Kier molecular flexibility index (Phi) is 4.63. The molecule has 0 unspecified atom stereocenters. The van der Waals surface area contributed by atoms with Crippen LogP contribution in [-0.4, -0.2) is 16.3 Å². The standard InChI is InChI=1S/C14H18O2S/c15-13(11-7-3-1-4-8-11)14(16)17-12-9-5-2-6-10-12/h2,5-6,9-11,13,15H,1,3-4,7-8H2/t13-/m0/s1. The van der Waals surface area contributed by atoms with E-state index in [0.717, 1.165) is 42.3 Å². The minimum Gasteiger partial charge on any atom is -0.384 e. The second kappa shape index (κ2) is 6.22. The molecule has 0 spiro atoms. The van der Waals surface area contributed by atoms with Crippen LogP contribution in [0, 0.1) is 5.92 Å². The molecule has 0 heterocycles. The van der Waals surface area contributed by atoms with E-state index < -0.39 is 6.10 Å². The van der Waals surface area contributed by atoms with Gasteiger partial charge in [0.1, 0.15) is 6.10 Å². The van der Waals surface area contributed by atoms with Gasteiger partial charge in [0.15, 0.2) is 0 Å². The van der Waals surface area contributed by atoms with Crippen molar-refractivity contribution in [1.82, 2.24) is 0 Å². The maximum atomic E-state index is 11.9. The van der Waals surface area contributed by atoms with Crippen LogP contribution in [0.3, 0.4) is 0 Å². The molecule has 2 nitrogen and oxygen atoms in total. The quantitative estimate of drug-likeness (QED) is 0.837. The lowest BCUT2D eigenvalue weighted by atomic mass is 9.86. The van der Waals surface area contributed by atoms with E-state index >= 15 is 0 Å². The highest BCUT2D eigenvalue weighted by Gasteiger charge is 2.27. The Morgan fingerprint density at radius 1 is 1.18 bits per heavy atom. The summed E-state index contributed by atoms with van der Waals surface area (Å²) in [5, 5.41) is 9.93. The zero-order chi connectivity index (χ0) is 12.1. The van der Waals surface area contributed by atoms with Crippen LogP contribution in [0.25, 0.3) is 0 Å². The number of rotatable bonds is 3. The van der Waals surface area contributed by atoms with Crippen LogP contribution < -0.4 is 0 Å². The molecule has 0 bridgehead atoms. The Bertz CT molecular complexity index is 358. The van der Waals surface area contributed by atoms with Gasteiger partial charge in [0.25, 0.3) is 0 Å². The number of hydrogen-bond donors (Lipinski definition) is 1. The van der Waals surface area contributed by atoms with E-state index in [1.165, 1.54) is 6.42 Å². The zero-order valence-electron chi connectivity index (χ0n) is 9.84. The van der Waals surface area contributed by atoms with E-state index in [1.54, 1.807) is 0 Å². The second-order valence-corrected chi connectivity index (χ2v) is 5.65. The van der Waals surface area contributed by atoms with Crippen molar-refractivity contribution in [3.63, 3.8) is 0 Å². The molecule has 0 saturated heterocycles. The molecule has 1 aliphatic rings. The molecule has 0 aromatic heterocycles. The molecule has 1 aliphatic carbocycles. The van der Waals surface area contributed by atoms with Crippen molar-refractivity contribution in [3.8, 4) is 0 Å². The third-order valence-corrected chi connectivity index (χ3v) is 4.25. The van der Waals surface area contributed by atoms with Gasteiger partial charge in [-0.05, 0) is 42.7 Å². The fourth-order valence-corrected chi connectivity index (χ4v) is 3.15. The van der Waals surface area contributed by atoms with Gasteiger partial charge in [-0.15, -0.1) is 0 Å². The monoisotopic (exact) mass is 250 g/mol. The lowest BCUT2D eigenvalue weighted by molar-refractivity contribution is -0.121. The molecule has 0 amide bonds. The van der Waals surface area contributed by atoms with Gasteiger partial charge >= 0.3 is 0 Å². The average Bonchev–Trinajstić information content (AvgIpc) is 2.40. The molecular weight excluding hydrogens is 232 g/mol. The van der Waals surface area contributed by atoms with Crippen molar-refractivity contribution in [2.45, 2.75) is 43.1 Å². The summed E-state index contributed by atoms with van der Waals surface area (Å²) in [5.41, 5.74) is 0. The largest absolute Gasteiger partial charge is 0.384 e. The predicted octanol–water partition coefficient (Wildman–Crippen LogP) is 3.25. The molecule has 92 valence electrons. The molecule has 2 rings (SSSR count).